The van der Waals surface area contributed by atoms with Crippen LogP contribution in [0.3, 0.4) is 0 Å². The molecule has 0 saturated heterocycles. The molecule has 1 heterocycles. The molecule has 1 aromatic heterocycles. The zero-order chi connectivity index (χ0) is 16.1. The van der Waals surface area contributed by atoms with Crippen LogP contribution in [0.25, 0.3) is 0 Å². The summed E-state index contributed by atoms with van der Waals surface area (Å²) in [5.41, 5.74) is 0.967. The van der Waals surface area contributed by atoms with E-state index in [9.17, 15) is 9.59 Å². The van der Waals surface area contributed by atoms with Crippen LogP contribution in [0, 0.1) is 6.92 Å². The maximum absolute atomic E-state index is 12.1. The molecule has 22 heavy (non-hydrogen) atoms. The Balaban J connectivity index is 2.04. The molecule has 2 aromatic rings. The van der Waals surface area contributed by atoms with Crippen molar-refractivity contribution >= 4 is 34.1 Å². The van der Waals surface area contributed by atoms with E-state index in [-0.39, 0.29) is 18.0 Å². The van der Waals surface area contributed by atoms with Gasteiger partial charge in [-0.2, -0.15) is 0 Å². The van der Waals surface area contributed by atoms with E-state index in [0.717, 1.165) is 5.01 Å². The summed E-state index contributed by atoms with van der Waals surface area (Å²) in [5.74, 6) is -0.302. The van der Waals surface area contributed by atoms with Gasteiger partial charge in [-0.15, -0.1) is 10.2 Å². The van der Waals surface area contributed by atoms with Crippen LogP contribution >= 0.6 is 11.3 Å². The van der Waals surface area contributed by atoms with E-state index in [2.05, 4.69) is 26.1 Å². The molecule has 8 heteroatoms. The third-order valence-electron chi connectivity index (χ3n) is 2.55. The largest absolute Gasteiger partial charge is 0.336 e. The Hall–Kier alpha value is -2.48. The zero-order valence-electron chi connectivity index (χ0n) is 12.5. The summed E-state index contributed by atoms with van der Waals surface area (Å²) in [6.45, 7) is 5.55. The number of rotatable bonds is 4. The summed E-state index contributed by atoms with van der Waals surface area (Å²) < 4.78 is 0. The van der Waals surface area contributed by atoms with E-state index in [0.29, 0.717) is 16.4 Å². The van der Waals surface area contributed by atoms with Gasteiger partial charge in [-0.1, -0.05) is 17.4 Å². The number of hydrogen-bond donors (Lipinski definition) is 3. The Kier molecular flexibility index (Phi) is 5.05. The number of benzene rings is 1. The molecule has 0 bridgehead atoms. The normalized spacial score (nSPS) is 10.4. The Labute approximate surface area is 132 Å². The van der Waals surface area contributed by atoms with Gasteiger partial charge in [0.25, 0.3) is 5.91 Å². The minimum absolute atomic E-state index is 0.0344. The number of nitrogens with one attached hydrogen (secondary N) is 3. The van der Waals surface area contributed by atoms with Gasteiger partial charge in [0, 0.05) is 17.3 Å². The van der Waals surface area contributed by atoms with Crippen molar-refractivity contribution in [1.29, 1.82) is 0 Å². The van der Waals surface area contributed by atoms with Crippen molar-refractivity contribution in [3.05, 3.63) is 34.8 Å². The predicted octanol–water partition coefficient (Wildman–Crippen LogP) is 2.63. The number of anilines is 2. The highest BCUT2D eigenvalue weighted by atomic mass is 32.1. The number of carbonyl (C=O) groups excluding carboxylic acids is 2. The molecule has 7 nitrogen and oxygen atoms in total. The number of nitrogens with zero attached hydrogens (tertiary/aromatic N) is 2. The van der Waals surface area contributed by atoms with Crippen molar-refractivity contribution in [3.8, 4) is 0 Å². The fourth-order valence-electron chi connectivity index (χ4n) is 1.68. The molecule has 0 aliphatic rings. The molecular formula is C14H17N5O2S. The summed E-state index contributed by atoms with van der Waals surface area (Å²) >= 11 is 1.30. The number of carbonyl (C=O) groups is 2. The first-order chi connectivity index (χ1) is 10.4. The highest BCUT2D eigenvalue weighted by molar-refractivity contribution is 7.15. The molecule has 2 rings (SSSR count). The van der Waals surface area contributed by atoms with Gasteiger partial charge in [0.15, 0.2) is 0 Å². The molecule has 0 unspecified atom stereocenters. The summed E-state index contributed by atoms with van der Waals surface area (Å²) in [4.78, 5) is 23.8. The Morgan fingerprint density at radius 1 is 1.18 bits per heavy atom. The average Bonchev–Trinajstić information content (AvgIpc) is 2.83. The van der Waals surface area contributed by atoms with Gasteiger partial charge in [-0.05, 0) is 39.0 Å². The molecular weight excluding hydrogens is 302 g/mol. The van der Waals surface area contributed by atoms with Gasteiger partial charge in [-0.3, -0.25) is 10.1 Å². The molecule has 3 N–H and O–H groups in total. The lowest BCUT2D eigenvalue weighted by molar-refractivity contribution is 0.102. The van der Waals surface area contributed by atoms with Gasteiger partial charge >= 0.3 is 6.03 Å². The average molecular weight is 319 g/mol. The van der Waals surface area contributed by atoms with E-state index in [4.69, 9.17) is 0 Å². The Bertz CT molecular complexity index is 683. The summed E-state index contributed by atoms with van der Waals surface area (Å²) in [5, 5.41) is 17.0. The van der Waals surface area contributed by atoms with Crippen LogP contribution in [0.4, 0.5) is 15.6 Å². The topological polar surface area (TPSA) is 96.0 Å². The van der Waals surface area contributed by atoms with E-state index >= 15 is 0 Å². The van der Waals surface area contributed by atoms with Gasteiger partial charge in [0.05, 0.1) is 0 Å². The molecule has 0 radical (unpaired) electrons. The summed E-state index contributed by atoms with van der Waals surface area (Å²) in [6, 6.07) is 6.40. The van der Waals surface area contributed by atoms with Gasteiger partial charge in [0.2, 0.25) is 5.13 Å². The van der Waals surface area contributed by atoms with E-state index in [1.165, 1.54) is 11.3 Å². The standard InChI is InChI=1S/C14H17N5O2S/c1-8(2)15-13(21)16-11-6-4-5-10(7-11)12(20)17-14-19-18-9(3)22-14/h4-8H,1-3H3,(H2,15,16,21)(H,17,19,20). The number of amides is 3. The van der Waals surface area contributed by atoms with Gasteiger partial charge in [0.1, 0.15) is 5.01 Å². The SMILES string of the molecule is Cc1nnc(NC(=O)c2cccc(NC(=O)NC(C)C)c2)s1. The van der Waals surface area contributed by atoms with Crippen molar-refractivity contribution < 1.29 is 9.59 Å². The van der Waals surface area contributed by atoms with Gasteiger partial charge < -0.3 is 10.6 Å². The molecule has 0 atom stereocenters. The van der Waals surface area contributed by atoms with E-state index < -0.39 is 0 Å². The van der Waals surface area contributed by atoms with Crippen LogP contribution in [-0.4, -0.2) is 28.2 Å². The van der Waals surface area contributed by atoms with E-state index in [1.54, 1.807) is 24.3 Å². The zero-order valence-corrected chi connectivity index (χ0v) is 13.3. The van der Waals surface area contributed by atoms with Crippen LogP contribution in [0.1, 0.15) is 29.2 Å². The molecule has 0 saturated carbocycles. The number of hydrogen-bond acceptors (Lipinski definition) is 5. The third-order valence-corrected chi connectivity index (χ3v) is 3.30. The van der Waals surface area contributed by atoms with Crippen molar-refractivity contribution in [3.63, 3.8) is 0 Å². The fourth-order valence-corrected chi connectivity index (χ4v) is 2.27. The van der Waals surface area contributed by atoms with Crippen LogP contribution in [0.15, 0.2) is 24.3 Å². The molecule has 0 aliphatic heterocycles. The maximum atomic E-state index is 12.1. The summed E-state index contributed by atoms with van der Waals surface area (Å²) in [7, 11) is 0. The lowest BCUT2D eigenvalue weighted by Gasteiger charge is -2.10. The van der Waals surface area contributed by atoms with Crippen LogP contribution < -0.4 is 16.0 Å². The number of aromatic nitrogens is 2. The Morgan fingerprint density at radius 3 is 2.59 bits per heavy atom. The van der Waals surface area contributed by atoms with Crippen molar-refractivity contribution in [2.45, 2.75) is 26.8 Å². The van der Waals surface area contributed by atoms with Crippen molar-refractivity contribution in [1.82, 2.24) is 15.5 Å². The second-order valence-electron chi connectivity index (χ2n) is 4.91. The highest BCUT2D eigenvalue weighted by Gasteiger charge is 2.10. The smallest absolute Gasteiger partial charge is 0.319 e. The van der Waals surface area contributed by atoms with Crippen molar-refractivity contribution in [2.24, 2.45) is 0 Å². The monoisotopic (exact) mass is 319 g/mol. The van der Waals surface area contributed by atoms with E-state index in [1.807, 2.05) is 20.8 Å². The highest BCUT2D eigenvalue weighted by Crippen LogP contribution is 2.16. The molecule has 116 valence electrons. The first-order valence-corrected chi connectivity index (χ1v) is 7.54. The minimum atomic E-state index is -0.313. The third kappa shape index (κ3) is 4.52. The maximum Gasteiger partial charge on any atom is 0.319 e. The first-order valence-electron chi connectivity index (χ1n) is 6.73. The lowest BCUT2D eigenvalue weighted by atomic mass is 10.2. The minimum Gasteiger partial charge on any atom is -0.336 e. The fraction of sp³-hybridized carbons (Fsp3) is 0.286. The van der Waals surface area contributed by atoms with Crippen LogP contribution in [0.2, 0.25) is 0 Å². The van der Waals surface area contributed by atoms with Crippen molar-refractivity contribution in [2.75, 3.05) is 10.6 Å². The Morgan fingerprint density at radius 2 is 1.95 bits per heavy atom. The van der Waals surface area contributed by atoms with Crippen LogP contribution in [0.5, 0.6) is 0 Å². The predicted molar refractivity (Wildman–Crippen MR) is 86.3 cm³/mol. The van der Waals surface area contributed by atoms with Gasteiger partial charge in [-0.25, -0.2) is 4.79 Å². The molecule has 1 aromatic carbocycles. The second kappa shape index (κ2) is 6.99. The quantitative estimate of drug-likeness (QED) is 0.807. The first kappa shape index (κ1) is 15.9. The molecule has 0 spiro atoms. The number of aryl methyl sites for hydroxylation is 1. The lowest BCUT2D eigenvalue weighted by Crippen LogP contribution is -2.34. The number of urea groups is 1. The molecule has 3 amide bonds. The van der Waals surface area contributed by atoms with Crippen LogP contribution in [-0.2, 0) is 0 Å². The second-order valence-corrected chi connectivity index (χ2v) is 6.10. The molecule has 0 fully saturated rings. The summed E-state index contributed by atoms with van der Waals surface area (Å²) in [6.07, 6.45) is 0. The molecule has 0 aliphatic carbocycles.